The maximum absolute atomic E-state index is 11.7. The zero-order valence-electron chi connectivity index (χ0n) is 9.61. The van der Waals surface area contributed by atoms with Crippen molar-refractivity contribution in [3.63, 3.8) is 0 Å². The molecule has 0 aromatic heterocycles. The summed E-state index contributed by atoms with van der Waals surface area (Å²) in [6.45, 7) is -0.267. The van der Waals surface area contributed by atoms with Gasteiger partial charge in [-0.15, -0.1) is 0 Å². The average Bonchev–Trinajstić information content (AvgIpc) is 3.13. The van der Waals surface area contributed by atoms with Crippen LogP contribution in [0.5, 0.6) is 0 Å². The van der Waals surface area contributed by atoms with Gasteiger partial charge in [0.25, 0.3) is 5.91 Å². The van der Waals surface area contributed by atoms with Gasteiger partial charge in [0.2, 0.25) is 0 Å². The Kier molecular flexibility index (Phi) is 3.86. The Bertz CT molecular complexity index is 486. The van der Waals surface area contributed by atoms with Gasteiger partial charge >= 0.3 is 5.97 Å². The molecule has 1 aromatic rings. The fourth-order valence-electron chi connectivity index (χ4n) is 1.41. The van der Waals surface area contributed by atoms with Gasteiger partial charge in [0.1, 0.15) is 0 Å². The Morgan fingerprint density at radius 1 is 1.44 bits per heavy atom. The van der Waals surface area contributed by atoms with Crippen LogP contribution < -0.4 is 11.1 Å². The summed E-state index contributed by atoms with van der Waals surface area (Å²) in [5, 5.41) is 2.73. The molecule has 1 aliphatic rings. The maximum atomic E-state index is 11.7. The lowest BCUT2D eigenvalue weighted by Gasteiger charge is -2.07. The van der Waals surface area contributed by atoms with E-state index in [0.717, 1.165) is 12.8 Å². The van der Waals surface area contributed by atoms with E-state index in [-0.39, 0.29) is 18.6 Å². The number of ether oxygens (including phenoxy) is 1. The minimum absolute atomic E-state index is 0.260. The third-order valence-electron chi connectivity index (χ3n) is 2.53. The van der Waals surface area contributed by atoms with E-state index < -0.39 is 5.97 Å². The van der Waals surface area contributed by atoms with Crippen LogP contribution in [-0.4, -0.2) is 24.5 Å². The zero-order chi connectivity index (χ0) is 13.1. The monoisotopic (exact) mass is 312 g/mol. The molecule has 0 bridgehead atoms. The van der Waals surface area contributed by atoms with Crippen molar-refractivity contribution in [3.8, 4) is 0 Å². The van der Waals surface area contributed by atoms with Crippen LogP contribution in [0.4, 0.5) is 5.69 Å². The number of nitrogens with one attached hydrogen (secondary N) is 1. The molecule has 0 atom stereocenters. The molecule has 2 rings (SSSR count). The van der Waals surface area contributed by atoms with Crippen LogP contribution in [0, 0.1) is 0 Å². The van der Waals surface area contributed by atoms with Gasteiger partial charge in [0, 0.05) is 11.7 Å². The summed E-state index contributed by atoms with van der Waals surface area (Å²) in [6, 6.07) is 5.17. The van der Waals surface area contributed by atoms with Gasteiger partial charge in [-0.2, -0.15) is 0 Å². The predicted molar refractivity (Wildman–Crippen MR) is 70.0 cm³/mol. The summed E-state index contributed by atoms with van der Waals surface area (Å²) < 4.78 is 5.40. The minimum Gasteiger partial charge on any atom is -0.452 e. The standard InChI is InChI=1S/C12H13BrN2O3/c13-11-8(2-1-3-9(11)14)12(17)18-6-10(16)15-7-4-5-7/h1-3,7H,4-6,14H2,(H,15,16). The zero-order valence-corrected chi connectivity index (χ0v) is 11.2. The minimum atomic E-state index is -0.569. The Hall–Kier alpha value is -1.56. The van der Waals surface area contributed by atoms with Crippen molar-refractivity contribution in [1.82, 2.24) is 5.32 Å². The normalized spacial score (nSPS) is 14.1. The number of rotatable bonds is 4. The number of nitrogens with two attached hydrogens (primary N) is 1. The quantitative estimate of drug-likeness (QED) is 0.651. The fraction of sp³-hybridized carbons (Fsp3) is 0.333. The number of benzene rings is 1. The van der Waals surface area contributed by atoms with E-state index in [9.17, 15) is 9.59 Å². The summed E-state index contributed by atoms with van der Waals surface area (Å²) in [6.07, 6.45) is 2.00. The van der Waals surface area contributed by atoms with Crippen LogP contribution in [0.3, 0.4) is 0 Å². The average molecular weight is 313 g/mol. The molecule has 1 amide bonds. The number of amides is 1. The first-order valence-electron chi connectivity index (χ1n) is 5.58. The van der Waals surface area contributed by atoms with Crippen LogP contribution in [0.2, 0.25) is 0 Å². The van der Waals surface area contributed by atoms with E-state index in [2.05, 4.69) is 21.2 Å². The molecule has 0 unspecified atom stereocenters. The summed E-state index contributed by atoms with van der Waals surface area (Å²) in [5.41, 5.74) is 6.42. The van der Waals surface area contributed by atoms with E-state index in [1.54, 1.807) is 18.2 Å². The van der Waals surface area contributed by atoms with E-state index >= 15 is 0 Å². The van der Waals surface area contributed by atoms with Crippen molar-refractivity contribution in [2.75, 3.05) is 12.3 Å². The molecule has 6 heteroatoms. The van der Waals surface area contributed by atoms with Crippen LogP contribution in [0.25, 0.3) is 0 Å². The molecule has 0 aliphatic heterocycles. The van der Waals surface area contributed by atoms with Gasteiger partial charge in [-0.3, -0.25) is 4.79 Å². The predicted octanol–water partition coefficient (Wildman–Crippen LogP) is 1.47. The second-order valence-corrected chi connectivity index (χ2v) is 4.92. The molecule has 1 fully saturated rings. The third kappa shape index (κ3) is 3.22. The lowest BCUT2D eigenvalue weighted by atomic mass is 10.2. The molecule has 96 valence electrons. The van der Waals surface area contributed by atoms with E-state index in [0.29, 0.717) is 15.7 Å². The van der Waals surface area contributed by atoms with Crippen LogP contribution in [0.15, 0.2) is 22.7 Å². The molecule has 0 radical (unpaired) electrons. The number of carbonyl (C=O) groups is 2. The number of anilines is 1. The number of hydrogen-bond acceptors (Lipinski definition) is 4. The summed E-state index contributed by atoms with van der Waals surface area (Å²) >= 11 is 3.21. The van der Waals surface area contributed by atoms with Gasteiger partial charge < -0.3 is 15.8 Å². The summed E-state index contributed by atoms with van der Waals surface area (Å²) in [5.74, 6) is -0.842. The number of esters is 1. The fourth-order valence-corrected chi connectivity index (χ4v) is 1.84. The van der Waals surface area contributed by atoms with Gasteiger partial charge in [-0.1, -0.05) is 6.07 Å². The van der Waals surface area contributed by atoms with Crippen molar-refractivity contribution in [3.05, 3.63) is 28.2 Å². The lowest BCUT2D eigenvalue weighted by molar-refractivity contribution is -0.124. The first-order chi connectivity index (χ1) is 8.58. The molecule has 1 aromatic carbocycles. The topological polar surface area (TPSA) is 81.4 Å². The Balaban J connectivity index is 1.90. The van der Waals surface area contributed by atoms with Crippen molar-refractivity contribution in [2.24, 2.45) is 0 Å². The largest absolute Gasteiger partial charge is 0.452 e. The SMILES string of the molecule is Nc1cccc(C(=O)OCC(=O)NC2CC2)c1Br. The van der Waals surface area contributed by atoms with Gasteiger partial charge in [-0.25, -0.2) is 4.79 Å². The van der Waals surface area contributed by atoms with Crippen LogP contribution in [0.1, 0.15) is 23.2 Å². The van der Waals surface area contributed by atoms with Crippen molar-refractivity contribution < 1.29 is 14.3 Å². The highest BCUT2D eigenvalue weighted by Gasteiger charge is 2.24. The highest BCUT2D eigenvalue weighted by molar-refractivity contribution is 9.10. The molecule has 0 spiro atoms. The molecular formula is C12H13BrN2O3. The Morgan fingerprint density at radius 2 is 2.17 bits per heavy atom. The van der Waals surface area contributed by atoms with Crippen molar-refractivity contribution >= 4 is 33.5 Å². The molecule has 3 N–H and O–H groups in total. The first kappa shape index (κ1) is 12.9. The van der Waals surface area contributed by atoms with Gasteiger partial charge in [-0.05, 0) is 40.9 Å². The summed E-state index contributed by atoms with van der Waals surface area (Å²) in [4.78, 5) is 23.1. The molecular weight excluding hydrogens is 300 g/mol. The third-order valence-corrected chi connectivity index (χ3v) is 3.41. The maximum Gasteiger partial charge on any atom is 0.339 e. The second-order valence-electron chi connectivity index (χ2n) is 4.13. The van der Waals surface area contributed by atoms with E-state index in [4.69, 9.17) is 10.5 Å². The van der Waals surface area contributed by atoms with E-state index in [1.165, 1.54) is 0 Å². The molecule has 0 saturated heterocycles. The number of nitrogen functional groups attached to an aromatic ring is 1. The molecule has 1 saturated carbocycles. The molecule has 5 nitrogen and oxygen atoms in total. The highest BCUT2D eigenvalue weighted by atomic mass is 79.9. The van der Waals surface area contributed by atoms with E-state index in [1.807, 2.05) is 0 Å². The lowest BCUT2D eigenvalue weighted by Crippen LogP contribution is -2.30. The number of halogens is 1. The second kappa shape index (κ2) is 5.39. The van der Waals surface area contributed by atoms with Crippen LogP contribution >= 0.6 is 15.9 Å². The molecule has 1 aliphatic carbocycles. The number of carbonyl (C=O) groups excluding carboxylic acids is 2. The van der Waals surface area contributed by atoms with Crippen molar-refractivity contribution in [2.45, 2.75) is 18.9 Å². The Morgan fingerprint density at radius 3 is 2.83 bits per heavy atom. The van der Waals surface area contributed by atoms with Crippen LogP contribution in [-0.2, 0) is 9.53 Å². The first-order valence-corrected chi connectivity index (χ1v) is 6.37. The van der Waals surface area contributed by atoms with Gasteiger partial charge in [0.15, 0.2) is 6.61 Å². The smallest absolute Gasteiger partial charge is 0.339 e. The molecule has 0 heterocycles. The van der Waals surface area contributed by atoms with Gasteiger partial charge in [0.05, 0.1) is 10.0 Å². The molecule has 18 heavy (non-hydrogen) atoms. The number of hydrogen-bond donors (Lipinski definition) is 2. The van der Waals surface area contributed by atoms with Crippen molar-refractivity contribution in [1.29, 1.82) is 0 Å². The summed E-state index contributed by atoms with van der Waals surface area (Å²) in [7, 11) is 0. The highest BCUT2D eigenvalue weighted by Crippen LogP contribution is 2.24. The Labute approximate surface area is 113 Å².